The predicted molar refractivity (Wildman–Crippen MR) is 57.2 cm³/mol. The van der Waals surface area contributed by atoms with Crippen molar-refractivity contribution in [1.82, 2.24) is 10.3 Å². The quantitative estimate of drug-likeness (QED) is 0.786. The molecule has 0 radical (unpaired) electrons. The van der Waals surface area contributed by atoms with Gasteiger partial charge in [-0.15, -0.1) is 0 Å². The second-order valence-electron chi connectivity index (χ2n) is 4.15. The molecule has 0 aromatic carbocycles. The molecule has 0 fully saturated rings. The Morgan fingerprint density at radius 3 is 2.71 bits per heavy atom. The highest BCUT2D eigenvalue weighted by atomic mass is 16.3. The van der Waals surface area contributed by atoms with Crippen LogP contribution in [0.25, 0.3) is 0 Å². The standard InChI is InChI=1S/C11H20N2O/c1-5-11(3,4)10-9(7-12-6-2)13-8-14-10/h8,12H,5-7H2,1-4H3. The molecule has 3 nitrogen and oxygen atoms in total. The highest BCUT2D eigenvalue weighted by Crippen LogP contribution is 2.28. The lowest BCUT2D eigenvalue weighted by Gasteiger charge is -2.20. The summed E-state index contributed by atoms with van der Waals surface area (Å²) < 4.78 is 5.47. The average molecular weight is 196 g/mol. The number of nitrogens with one attached hydrogen (secondary N) is 1. The Morgan fingerprint density at radius 2 is 2.14 bits per heavy atom. The summed E-state index contributed by atoms with van der Waals surface area (Å²) in [5.41, 5.74) is 1.13. The fourth-order valence-electron chi connectivity index (χ4n) is 1.35. The molecule has 1 aromatic rings. The second-order valence-corrected chi connectivity index (χ2v) is 4.15. The van der Waals surface area contributed by atoms with Crippen molar-refractivity contribution >= 4 is 0 Å². The monoisotopic (exact) mass is 196 g/mol. The van der Waals surface area contributed by atoms with Crippen LogP contribution in [0.1, 0.15) is 45.6 Å². The van der Waals surface area contributed by atoms with Crippen LogP contribution in [0.15, 0.2) is 10.8 Å². The molecule has 0 spiro atoms. The molecular formula is C11H20N2O. The van der Waals surface area contributed by atoms with Gasteiger partial charge in [0.25, 0.3) is 0 Å². The number of oxazole rings is 1. The zero-order valence-corrected chi connectivity index (χ0v) is 9.55. The lowest BCUT2D eigenvalue weighted by Crippen LogP contribution is -2.20. The Morgan fingerprint density at radius 1 is 1.43 bits per heavy atom. The Hall–Kier alpha value is -0.830. The van der Waals surface area contributed by atoms with Gasteiger partial charge in [-0.25, -0.2) is 4.98 Å². The third-order valence-electron chi connectivity index (χ3n) is 2.68. The number of nitrogens with zero attached hydrogens (tertiary/aromatic N) is 1. The molecule has 0 amide bonds. The minimum absolute atomic E-state index is 0.0846. The first-order chi connectivity index (χ1) is 6.61. The SMILES string of the molecule is CCNCc1ncoc1C(C)(C)CC. The van der Waals surface area contributed by atoms with Crippen LogP contribution in [0.4, 0.5) is 0 Å². The summed E-state index contributed by atoms with van der Waals surface area (Å²) in [6, 6.07) is 0. The molecular weight excluding hydrogens is 176 g/mol. The Kier molecular flexibility index (Phi) is 3.69. The minimum atomic E-state index is 0.0846. The van der Waals surface area contributed by atoms with E-state index < -0.39 is 0 Å². The van der Waals surface area contributed by atoms with Crippen LogP contribution >= 0.6 is 0 Å². The minimum Gasteiger partial charge on any atom is -0.448 e. The zero-order chi connectivity index (χ0) is 10.6. The molecule has 0 unspecified atom stereocenters. The number of hydrogen-bond donors (Lipinski definition) is 1. The molecule has 0 aliphatic heterocycles. The van der Waals surface area contributed by atoms with E-state index in [2.05, 4.69) is 38.0 Å². The van der Waals surface area contributed by atoms with E-state index in [0.717, 1.165) is 31.0 Å². The molecule has 0 saturated carbocycles. The second kappa shape index (κ2) is 4.60. The fraction of sp³-hybridized carbons (Fsp3) is 0.727. The summed E-state index contributed by atoms with van der Waals surface area (Å²) in [6.07, 6.45) is 2.60. The summed E-state index contributed by atoms with van der Waals surface area (Å²) in [5.74, 6) is 1.01. The number of rotatable bonds is 5. The summed E-state index contributed by atoms with van der Waals surface area (Å²) in [7, 11) is 0. The first kappa shape index (κ1) is 11.2. The van der Waals surface area contributed by atoms with Crippen molar-refractivity contribution in [1.29, 1.82) is 0 Å². The fourth-order valence-corrected chi connectivity index (χ4v) is 1.35. The van der Waals surface area contributed by atoms with Gasteiger partial charge in [-0.1, -0.05) is 27.7 Å². The highest BCUT2D eigenvalue weighted by Gasteiger charge is 2.25. The van der Waals surface area contributed by atoms with Crippen molar-refractivity contribution in [3.05, 3.63) is 17.8 Å². The zero-order valence-electron chi connectivity index (χ0n) is 9.55. The van der Waals surface area contributed by atoms with Gasteiger partial charge in [-0.3, -0.25) is 0 Å². The molecule has 80 valence electrons. The van der Waals surface area contributed by atoms with Gasteiger partial charge in [-0.05, 0) is 13.0 Å². The molecule has 3 heteroatoms. The van der Waals surface area contributed by atoms with Gasteiger partial charge in [0.1, 0.15) is 5.76 Å². The van der Waals surface area contributed by atoms with Crippen LogP contribution in [0, 0.1) is 0 Å². The van der Waals surface area contributed by atoms with Gasteiger partial charge in [0.05, 0.1) is 5.69 Å². The first-order valence-corrected chi connectivity index (χ1v) is 5.25. The summed E-state index contributed by atoms with van der Waals surface area (Å²) in [4.78, 5) is 4.24. The smallest absolute Gasteiger partial charge is 0.181 e. The predicted octanol–water partition coefficient (Wildman–Crippen LogP) is 2.47. The van der Waals surface area contributed by atoms with Gasteiger partial charge < -0.3 is 9.73 Å². The van der Waals surface area contributed by atoms with Gasteiger partial charge >= 0.3 is 0 Å². The van der Waals surface area contributed by atoms with E-state index in [9.17, 15) is 0 Å². The van der Waals surface area contributed by atoms with E-state index in [1.807, 2.05) is 0 Å². The van der Waals surface area contributed by atoms with Crippen LogP contribution in [-0.2, 0) is 12.0 Å². The van der Waals surface area contributed by atoms with E-state index in [4.69, 9.17) is 4.42 Å². The topological polar surface area (TPSA) is 38.1 Å². The third kappa shape index (κ3) is 2.35. The van der Waals surface area contributed by atoms with Crippen molar-refractivity contribution in [2.45, 2.75) is 46.1 Å². The van der Waals surface area contributed by atoms with E-state index in [1.165, 1.54) is 0 Å². The van der Waals surface area contributed by atoms with Crippen molar-refractivity contribution in [2.75, 3.05) is 6.54 Å². The molecule has 1 N–H and O–H groups in total. The van der Waals surface area contributed by atoms with E-state index in [-0.39, 0.29) is 5.41 Å². The van der Waals surface area contributed by atoms with E-state index >= 15 is 0 Å². The van der Waals surface area contributed by atoms with Crippen LogP contribution in [0.2, 0.25) is 0 Å². The highest BCUT2D eigenvalue weighted by molar-refractivity contribution is 5.16. The van der Waals surface area contributed by atoms with Gasteiger partial charge in [0, 0.05) is 12.0 Å². The van der Waals surface area contributed by atoms with Gasteiger partial charge in [0.15, 0.2) is 6.39 Å². The van der Waals surface area contributed by atoms with Gasteiger partial charge in [-0.2, -0.15) is 0 Å². The van der Waals surface area contributed by atoms with E-state index in [1.54, 1.807) is 6.39 Å². The molecule has 0 saturated heterocycles. The normalized spacial score (nSPS) is 12.0. The maximum Gasteiger partial charge on any atom is 0.181 e. The van der Waals surface area contributed by atoms with E-state index in [0.29, 0.717) is 0 Å². The maximum atomic E-state index is 5.47. The van der Waals surface area contributed by atoms with Gasteiger partial charge in [0.2, 0.25) is 0 Å². The number of aromatic nitrogens is 1. The average Bonchev–Trinajstić information content (AvgIpc) is 2.63. The third-order valence-corrected chi connectivity index (χ3v) is 2.68. The van der Waals surface area contributed by atoms with Crippen LogP contribution in [-0.4, -0.2) is 11.5 Å². The summed E-state index contributed by atoms with van der Waals surface area (Å²) >= 11 is 0. The molecule has 14 heavy (non-hydrogen) atoms. The molecule has 0 aliphatic carbocycles. The largest absolute Gasteiger partial charge is 0.448 e. The first-order valence-electron chi connectivity index (χ1n) is 5.25. The van der Waals surface area contributed by atoms with Crippen molar-refractivity contribution in [3.8, 4) is 0 Å². The lowest BCUT2D eigenvalue weighted by molar-refractivity contribution is 0.369. The maximum absolute atomic E-state index is 5.47. The Bertz CT molecular complexity index is 279. The van der Waals surface area contributed by atoms with Crippen LogP contribution < -0.4 is 5.32 Å². The number of hydrogen-bond acceptors (Lipinski definition) is 3. The van der Waals surface area contributed by atoms with Crippen molar-refractivity contribution < 1.29 is 4.42 Å². The van der Waals surface area contributed by atoms with Crippen LogP contribution in [0.3, 0.4) is 0 Å². The molecule has 0 bridgehead atoms. The molecule has 1 heterocycles. The van der Waals surface area contributed by atoms with Crippen molar-refractivity contribution in [3.63, 3.8) is 0 Å². The lowest BCUT2D eigenvalue weighted by atomic mass is 9.86. The summed E-state index contributed by atoms with van der Waals surface area (Å²) in [5, 5.41) is 3.26. The van der Waals surface area contributed by atoms with Crippen LogP contribution in [0.5, 0.6) is 0 Å². The van der Waals surface area contributed by atoms with Crippen molar-refractivity contribution in [2.24, 2.45) is 0 Å². The molecule has 0 aliphatic rings. The molecule has 0 atom stereocenters. The summed E-state index contributed by atoms with van der Waals surface area (Å²) in [6.45, 7) is 10.4. The molecule has 1 aromatic heterocycles. The molecule has 1 rings (SSSR count). The Balaban J connectivity index is 2.81. The Labute approximate surface area is 85.9 Å².